The van der Waals surface area contributed by atoms with Gasteiger partial charge in [-0.25, -0.2) is 9.18 Å². The summed E-state index contributed by atoms with van der Waals surface area (Å²) in [5, 5.41) is 12.1. The molecule has 2 aromatic carbocycles. The van der Waals surface area contributed by atoms with Crippen LogP contribution in [0.2, 0.25) is 0 Å². The highest BCUT2D eigenvalue weighted by Gasteiger charge is 2.49. The van der Waals surface area contributed by atoms with Crippen molar-refractivity contribution in [2.45, 2.75) is 44.1 Å². The number of aromatic carboxylic acids is 1. The Morgan fingerprint density at radius 3 is 2.63 bits per heavy atom. The number of carboxylic acids is 1. The third-order valence-corrected chi connectivity index (χ3v) is 5.63. The molecule has 2 aromatic rings. The van der Waals surface area contributed by atoms with Crippen molar-refractivity contribution in [3.05, 3.63) is 58.9 Å². The van der Waals surface area contributed by atoms with Gasteiger partial charge in [-0.15, -0.1) is 0 Å². The number of amides is 1. The number of carbonyl (C=O) groups is 2. The van der Waals surface area contributed by atoms with Crippen LogP contribution in [0.15, 0.2) is 36.4 Å². The maximum atomic E-state index is 14.0. The van der Waals surface area contributed by atoms with E-state index in [2.05, 4.69) is 5.32 Å². The van der Waals surface area contributed by atoms with Crippen LogP contribution in [0.4, 0.5) is 10.1 Å². The smallest absolute Gasteiger partial charge is 0.335 e. The summed E-state index contributed by atoms with van der Waals surface area (Å²) >= 11 is 0. The second-order valence-corrected chi connectivity index (χ2v) is 7.35. The minimum atomic E-state index is -1.01. The summed E-state index contributed by atoms with van der Waals surface area (Å²) in [5.41, 5.74) is 1.69. The number of aryl methyl sites for hydroxylation is 1. The number of halogens is 1. The van der Waals surface area contributed by atoms with Crippen LogP contribution >= 0.6 is 0 Å². The van der Waals surface area contributed by atoms with Gasteiger partial charge in [-0.05, 0) is 74.1 Å². The number of carboxylic acid groups (broad SMARTS) is 1. The molecule has 1 fully saturated rings. The summed E-state index contributed by atoms with van der Waals surface area (Å²) in [6.45, 7) is 1.82. The van der Waals surface area contributed by atoms with Gasteiger partial charge in [-0.1, -0.05) is 6.07 Å². The molecule has 1 amide bonds. The zero-order chi connectivity index (χ0) is 19.2. The van der Waals surface area contributed by atoms with Gasteiger partial charge in [0.15, 0.2) is 11.6 Å². The van der Waals surface area contributed by atoms with E-state index < -0.39 is 11.4 Å². The van der Waals surface area contributed by atoms with Crippen molar-refractivity contribution in [2.24, 2.45) is 0 Å². The molecule has 0 atom stereocenters. The van der Waals surface area contributed by atoms with Crippen molar-refractivity contribution in [3.8, 4) is 5.75 Å². The van der Waals surface area contributed by atoms with E-state index in [1.165, 1.54) is 12.1 Å². The molecule has 1 aliphatic heterocycles. The highest BCUT2D eigenvalue weighted by Crippen LogP contribution is 2.48. The van der Waals surface area contributed by atoms with Crippen LogP contribution in [0, 0.1) is 12.7 Å². The first kappa shape index (κ1) is 17.5. The van der Waals surface area contributed by atoms with Gasteiger partial charge in [0, 0.05) is 5.69 Å². The number of carbonyl (C=O) groups excluding carboxylic acids is 1. The van der Waals surface area contributed by atoms with E-state index in [1.54, 1.807) is 24.3 Å². The van der Waals surface area contributed by atoms with Gasteiger partial charge in [-0.2, -0.15) is 0 Å². The second kappa shape index (κ2) is 6.37. The third kappa shape index (κ3) is 2.95. The molecular weight excluding hydrogens is 349 g/mol. The van der Waals surface area contributed by atoms with Gasteiger partial charge >= 0.3 is 5.97 Å². The molecule has 0 unspecified atom stereocenters. The Kier molecular flexibility index (Phi) is 4.13. The summed E-state index contributed by atoms with van der Waals surface area (Å²) in [6.07, 6.45) is 2.09. The lowest BCUT2D eigenvalue weighted by Gasteiger charge is -2.35. The number of fused-ring (bicyclic) bond motifs is 2. The van der Waals surface area contributed by atoms with Crippen molar-refractivity contribution in [1.29, 1.82) is 0 Å². The largest absolute Gasteiger partial charge is 0.487 e. The molecule has 4 rings (SSSR count). The van der Waals surface area contributed by atoms with Crippen molar-refractivity contribution >= 4 is 17.6 Å². The van der Waals surface area contributed by atoms with Gasteiger partial charge in [0.2, 0.25) is 5.91 Å². The van der Waals surface area contributed by atoms with Crippen molar-refractivity contribution in [2.75, 3.05) is 5.32 Å². The first-order chi connectivity index (χ1) is 12.9. The predicted octanol–water partition coefficient (Wildman–Crippen LogP) is 4.04. The molecule has 27 heavy (non-hydrogen) atoms. The zero-order valence-electron chi connectivity index (χ0n) is 14.9. The molecule has 0 saturated heterocycles. The Morgan fingerprint density at radius 2 is 1.96 bits per heavy atom. The fourth-order valence-electron chi connectivity index (χ4n) is 4.13. The van der Waals surface area contributed by atoms with Gasteiger partial charge in [0.25, 0.3) is 0 Å². The van der Waals surface area contributed by atoms with Gasteiger partial charge in [0.1, 0.15) is 0 Å². The average molecular weight is 369 g/mol. The molecule has 1 aliphatic carbocycles. The van der Waals surface area contributed by atoms with E-state index in [-0.39, 0.29) is 29.1 Å². The number of ether oxygens (including phenoxy) is 1. The summed E-state index contributed by atoms with van der Waals surface area (Å²) < 4.78 is 19.9. The quantitative estimate of drug-likeness (QED) is 0.856. The number of rotatable bonds is 3. The third-order valence-electron chi connectivity index (χ3n) is 5.63. The van der Waals surface area contributed by atoms with E-state index in [0.717, 1.165) is 11.1 Å². The molecule has 0 radical (unpaired) electrons. The molecule has 0 aromatic heterocycles. The molecule has 1 saturated carbocycles. The Labute approximate surface area is 156 Å². The minimum Gasteiger partial charge on any atom is -0.487 e. The monoisotopic (exact) mass is 369 g/mol. The van der Waals surface area contributed by atoms with Crippen LogP contribution in [0.3, 0.4) is 0 Å². The number of nitrogens with one attached hydrogen (secondary N) is 1. The van der Waals surface area contributed by atoms with E-state index >= 15 is 0 Å². The fraction of sp³-hybridized carbons (Fsp3) is 0.333. The molecule has 1 heterocycles. The highest BCUT2D eigenvalue weighted by atomic mass is 19.1. The lowest BCUT2D eigenvalue weighted by Crippen LogP contribution is -2.41. The zero-order valence-corrected chi connectivity index (χ0v) is 14.9. The van der Waals surface area contributed by atoms with Gasteiger partial charge in [-0.3, -0.25) is 4.79 Å². The summed E-state index contributed by atoms with van der Waals surface area (Å²) in [4.78, 5) is 24.0. The fourth-order valence-corrected chi connectivity index (χ4v) is 4.13. The summed E-state index contributed by atoms with van der Waals surface area (Å²) in [6, 6.07) is 9.61. The molecule has 6 heteroatoms. The topological polar surface area (TPSA) is 75.6 Å². The maximum absolute atomic E-state index is 14.0. The first-order valence-corrected chi connectivity index (χ1v) is 9.01. The van der Waals surface area contributed by atoms with E-state index in [4.69, 9.17) is 4.74 Å². The van der Waals surface area contributed by atoms with E-state index in [9.17, 15) is 19.1 Å². The van der Waals surface area contributed by atoms with Crippen LogP contribution in [0.25, 0.3) is 0 Å². The second-order valence-electron chi connectivity index (χ2n) is 7.35. The van der Waals surface area contributed by atoms with Crippen LogP contribution < -0.4 is 10.1 Å². The molecule has 2 N–H and O–H groups in total. The van der Waals surface area contributed by atoms with Crippen LogP contribution in [0.1, 0.15) is 47.2 Å². The Hall–Kier alpha value is -2.89. The van der Waals surface area contributed by atoms with E-state index in [1.807, 2.05) is 6.92 Å². The lowest BCUT2D eigenvalue weighted by atomic mass is 9.69. The lowest BCUT2D eigenvalue weighted by molar-refractivity contribution is -0.122. The minimum absolute atomic E-state index is 0.0972. The highest BCUT2D eigenvalue weighted by molar-refractivity contribution is 6.07. The molecule has 2 aliphatic rings. The van der Waals surface area contributed by atoms with Crippen LogP contribution in [-0.2, 0) is 10.2 Å². The summed E-state index contributed by atoms with van der Waals surface area (Å²) in [5.74, 6) is -1.27. The predicted molar refractivity (Wildman–Crippen MR) is 97.7 cm³/mol. The van der Waals surface area contributed by atoms with Crippen LogP contribution in [-0.4, -0.2) is 23.1 Å². The van der Waals surface area contributed by atoms with Crippen molar-refractivity contribution in [3.63, 3.8) is 0 Å². The van der Waals surface area contributed by atoms with Crippen molar-refractivity contribution < 1.29 is 23.8 Å². The number of benzene rings is 2. The SMILES string of the molecule is Cc1ccc(O[C@H]2CC[C@@]3(CC2)C(=O)Nc2ccc(C(=O)O)cc23)c(F)c1. The molecule has 1 spiro atoms. The molecule has 140 valence electrons. The Bertz CT molecular complexity index is 932. The number of anilines is 1. The van der Waals surface area contributed by atoms with Gasteiger partial charge in [0.05, 0.1) is 17.1 Å². The standard InChI is InChI=1S/C21H20FNO4/c1-12-2-5-18(16(22)10-12)27-14-6-8-21(9-7-14)15-11-13(19(24)25)3-4-17(15)23-20(21)26/h2-5,10-11,14H,6-9H2,1H3,(H,23,26)(H,24,25)/t14-,21-. The Balaban J connectivity index is 1.54. The first-order valence-electron chi connectivity index (χ1n) is 9.01. The van der Waals surface area contributed by atoms with Crippen LogP contribution in [0.5, 0.6) is 5.75 Å². The average Bonchev–Trinajstić information content (AvgIpc) is 2.90. The molecular formula is C21H20FNO4. The molecule has 0 bridgehead atoms. The van der Waals surface area contributed by atoms with Crippen molar-refractivity contribution in [1.82, 2.24) is 0 Å². The van der Waals surface area contributed by atoms with E-state index in [0.29, 0.717) is 31.4 Å². The normalized spacial score (nSPS) is 23.8. The number of hydrogen-bond acceptors (Lipinski definition) is 3. The number of hydrogen-bond donors (Lipinski definition) is 2. The summed E-state index contributed by atoms with van der Waals surface area (Å²) in [7, 11) is 0. The van der Waals surface area contributed by atoms with Gasteiger partial charge < -0.3 is 15.2 Å². The molecule has 5 nitrogen and oxygen atoms in total. The maximum Gasteiger partial charge on any atom is 0.335 e. The Morgan fingerprint density at radius 1 is 1.22 bits per heavy atom.